The Kier molecular flexibility index (Phi) is 4.22. The van der Waals surface area contributed by atoms with E-state index in [0.717, 1.165) is 0 Å². The van der Waals surface area contributed by atoms with Gasteiger partial charge in [0.25, 0.3) is 5.91 Å². The van der Waals surface area contributed by atoms with Gasteiger partial charge >= 0.3 is 7.12 Å². The van der Waals surface area contributed by atoms with Gasteiger partial charge in [-0.05, 0) is 29.7 Å². The predicted octanol–water partition coefficient (Wildman–Crippen LogP) is 1.27. The molecule has 0 bridgehead atoms. The highest BCUT2D eigenvalue weighted by Gasteiger charge is 2.16. The Morgan fingerprint density at radius 3 is 2.37 bits per heavy atom. The zero-order chi connectivity index (χ0) is 13.8. The van der Waals surface area contributed by atoms with Crippen molar-refractivity contribution in [2.75, 3.05) is 5.32 Å². The Balaban J connectivity index is 2.20. The molecule has 4 nitrogen and oxygen atoms in total. The molecule has 0 aliphatic rings. The SMILES string of the molecule is O=C(Nc1ccccc1)c1ccc(B(O)O)cc1Cl. The third kappa shape index (κ3) is 3.35. The molecule has 19 heavy (non-hydrogen) atoms. The molecule has 2 aromatic rings. The van der Waals surface area contributed by atoms with Crippen molar-refractivity contribution in [2.24, 2.45) is 0 Å². The molecule has 0 saturated heterocycles. The minimum Gasteiger partial charge on any atom is -0.423 e. The molecule has 96 valence electrons. The van der Waals surface area contributed by atoms with E-state index in [1.807, 2.05) is 18.2 Å². The van der Waals surface area contributed by atoms with Crippen LogP contribution in [0.2, 0.25) is 5.02 Å². The summed E-state index contributed by atoms with van der Waals surface area (Å²) in [6.45, 7) is 0. The lowest BCUT2D eigenvalue weighted by Gasteiger charge is -2.08. The van der Waals surface area contributed by atoms with Gasteiger partial charge in [0.05, 0.1) is 10.6 Å². The first-order chi connectivity index (χ1) is 9.08. The van der Waals surface area contributed by atoms with Gasteiger partial charge in [-0.25, -0.2) is 0 Å². The first-order valence-corrected chi connectivity index (χ1v) is 5.97. The maximum atomic E-state index is 12.0. The van der Waals surface area contributed by atoms with Gasteiger partial charge in [0.15, 0.2) is 0 Å². The zero-order valence-corrected chi connectivity index (χ0v) is 10.6. The van der Waals surface area contributed by atoms with Crippen LogP contribution in [0.5, 0.6) is 0 Å². The second-order valence-corrected chi connectivity index (χ2v) is 4.34. The number of anilines is 1. The molecule has 2 rings (SSSR count). The van der Waals surface area contributed by atoms with Crippen LogP contribution in [-0.4, -0.2) is 23.1 Å². The fraction of sp³-hybridized carbons (Fsp3) is 0. The molecular weight excluding hydrogens is 264 g/mol. The van der Waals surface area contributed by atoms with Gasteiger partial charge in [-0.15, -0.1) is 0 Å². The lowest BCUT2D eigenvalue weighted by Crippen LogP contribution is -2.30. The third-order valence-corrected chi connectivity index (χ3v) is 2.88. The van der Waals surface area contributed by atoms with Gasteiger partial charge in [0, 0.05) is 5.69 Å². The minimum atomic E-state index is -1.61. The van der Waals surface area contributed by atoms with Crippen LogP contribution in [0.15, 0.2) is 48.5 Å². The van der Waals surface area contributed by atoms with Crippen molar-refractivity contribution < 1.29 is 14.8 Å². The molecule has 2 aromatic carbocycles. The summed E-state index contributed by atoms with van der Waals surface area (Å²) in [6, 6.07) is 13.2. The summed E-state index contributed by atoms with van der Waals surface area (Å²) in [7, 11) is -1.61. The zero-order valence-electron chi connectivity index (χ0n) is 9.88. The van der Waals surface area contributed by atoms with E-state index in [1.54, 1.807) is 12.1 Å². The highest BCUT2D eigenvalue weighted by molar-refractivity contribution is 6.59. The quantitative estimate of drug-likeness (QED) is 0.739. The molecular formula is C13H11BClNO3. The molecule has 0 aliphatic heterocycles. The van der Waals surface area contributed by atoms with Crippen LogP contribution in [0.25, 0.3) is 0 Å². The van der Waals surface area contributed by atoms with Crippen LogP contribution >= 0.6 is 11.6 Å². The van der Waals surface area contributed by atoms with Crippen LogP contribution in [0, 0.1) is 0 Å². The van der Waals surface area contributed by atoms with E-state index in [0.29, 0.717) is 5.69 Å². The van der Waals surface area contributed by atoms with Crippen molar-refractivity contribution in [3.63, 3.8) is 0 Å². The van der Waals surface area contributed by atoms with Crippen molar-refractivity contribution in [1.29, 1.82) is 0 Å². The first kappa shape index (κ1) is 13.6. The monoisotopic (exact) mass is 275 g/mol. The molecule has 0 aromatic heterocycles. The van der Waals surface area contributed by atoms with E-state index >= 15 is 0 Å². The van der Waals surface area contributed by atoms with Crippen LogP contribution in [0.3, 0.4) is 0 Å². The number of rotatable bonds is 3. The van der Waals surface area contributed by atoms with Crippen molar-refractivity contribution in [3.8, 4) is 0 Å². The number of amides is 1. The number of carbonyl (C=O) groups is 1. The van der Waals surface area contributed by atoms with E-state index in [-0.39, 0.29) is 22.0 Å². The lowest BCUT2D eigenvalue weighted by atomic mass is 9.80. The maximum Gasteiger partial charge on any atom is 0.488 e. The maximum absolute atomic E-state index is 12.0. The second kappa shape index (κ2) is 5.88. The number of nitrogens with one attached hydrogen (secondary N) is 1. The summed E-state index contributed by atoms with van der Waals surface area (Å²) in [5.74, 6) is -0.352. The molecule has 0 saturated carbocycles. The van der Waals surface area contributed by atoms with Gasteiger partial charge in [-0.1, -0.05) is 35.9 Å². The molecule has 0 spiro atoms. The fourth-order valence-corrected chi connectivity index (χ4v) is 1.87. The van der Waals surface area contributed by atoms with Gasteiger partial charge in [0.1, 0.15) is 0 Å². The summed E-state index contributed by atoms with van der Waals surface area (Å²) >= 11 is 5.95. The highest BCUT2D eigenvalue weighted by Crippen LogP contribution is 2.16. The summed E-state index contributed by atoms with van der Waals surface area (Å²) in [5, 5.41) is 20.9. The number of benzene rings is 2. The lowest BCUT2D eigenvalue weighted by molar-refractivity contribution is 0.102. The topological polar surface area (TPSA) is 69.6 Å². The standard InChI is InChI=1S/C13H11BClNO3/c15-12-8-9(14(18)19)6-7-11(12)13(17)16-10-4-2-1-3-5-10/h1-8,18-19H,(H,16,17). The van der Waals surface area contributed by atoms with Crippen molar-refractivity contribution >= 4 is 35.8 Å². The molecule has 6 heteroatoms. The summed E-state index contributed by atoms with van der Waals surface area (Å²) in [5.41, 5.74) is 1.17. The summed E-state index contributed by atoms with van der Waals surface area (Å²) in [4.78, 5) is 12.0. The Hall–Kier alpha value is -1.82. The molecule has 1 amide bonds. The summed E-state index contributed by atoms with van der Waals surface area (Å²) in [6.07, 6.45) is 0. The predicted molar refractivity (Wildman–Crippen MR) is 75.7 cm³/mol. The van der Waals surface area contributed by atoms with E-state index in [9.17, 15) is 4.79 Å². The second-order valence-electron chi connectivity index (χ2n) is 3.93. The number of hydrogen-bond donors (Lipinski definition) is 3. The van der Waals surface area contributed by atoms with E-state index in [4.69, 9.17) is 21.6 Å². The molecule has 0 heterocycles. The molecule has 0 aliphatic carbocycles. The van der Waals surface area contributed by atoms with E-state index in [2.05, 4.69) is 5.32 Å². The number of halogens is 1. The third-order valence-electron chi connectivity index (χ3n) is 2.57. The molecule has 0 fully saturated rings. The molecule has 0 unspecified atom stereocenters. The van der Waals surface area contributed by atoms with Gasteiger partial charge in [-0.3, -0.25) is 4.79 Å². The van der Waals surface area contributed by atoms with Crippen molar-refractivity contribution in [1.82, 2.24) is 0 Å². The fourth-order valence-electron chi connectivity index (χ4n) is 1.60. The summed E-state index contributed by atoms with van der Waals surface area (Å²) < 4.78 is 0. The Labute approximate surface area is 115 Å². The van der Waals surface area contributed by atoms with Crippen LogP contribution in [-0.2, 0) is 0 Å². The van der Waals surface area contributed by atoms with Crippen LogP contribution in [0.4, 0.5) is 5.69 Å². The molecule has 3 N–H and O–H groups in total. The Bertz CT molecular complexity index is 590. The molecule has 0 radical (unpaired) electrons. The van der Waals surface area contributed by atoms with Crippen LogP contribution < -0.4 is 10.8 Å². The van der Waals surface area contributed by atoms with Gasteiger partial charge in [0.2, 0.25) is 0 Å². The highest BCUT2D eigenvalue weighted by atomic mass is 35.5. The van der Waals surface area contributed by atoms with Crippen LogP contribution in [0.1, 0.15) is 10.4 Å². The normalized spacial score (nSPS) is 10.1. The van der Waals surface area contributed by atoms with E-state index in [1.165, 1.54) is 18.2 Å². The smallest absolute Gasteiger partial charge is 0.423 e. The number of hydrogen-bond acceptors (Lipinski definition) is 3. The number of carbonyl (C=O) groups excluding carboxylic acids is 1. The van der Waals surface area contributed by atoms with Crippen molar-refractivity contribution in [2.45, 2.75) is 0 Å². The largest absolute Gasteiger partial charge is 0.488 e. The molecule has 0 atom stereocenters. The van der Waals surface area contributed by atoms with Gasteiger partial charge in [-0.2, -0.15) is 0 Å². The van der Waals surface area contributed by atoms with E-state index < -0.39 is 7.12 Å². The first-order valence-electron chi connectivity index (χ1n) is 5.60. The Morgan fingerprint density at radius 1 is 1.11 bits per heavy atom. The average molecular weight is 276 g/mol. The average Bonchev–Trinajstić information content (AvgIpc) is 2.39. The number of para-hydroxylation sites is 1. The van der Waals surface area contributed by atoms with Gasteiger partial charge < -0.3 is 15.4 Å². The Morgan fingerprint density at radius 2 is 1.79 bits per heavy atom. The van der Waals surface area contributed by atoms with Crippen molar-refractivity contribution in [3.05, 3.63) is 59.1 Å². The minimum absolute atomic E-state index is 0.166.